The van der Waals surface area contributed by atoms with Crippen LogP contribution in [-0.4, -0.2) is 48.9 Å². The Bertz CT molecular complexity index is 589. The van der Waals surface area contributed by atoms with Crippen molar-refractivity contribution in [2.45, 2.75) is 24.9 Å². The molecule has 0 saturated carbocycles. The summed E-state index contributed by atoms with van der Waals surface area (Å²) in [5.41, 5.74) is 5.41. The summed E-state index contributed by atoms with van der Waals surface area (Å²) in [4.78, 5) is 25.1. The molecule has 126 valence electrons. The lowest BCUT2D eigenvalue weighted by molar-refractivity contribution is -0.274. The molecule has 23 heavy (non-hydrogen) atoms. The molecule has 0 radical (unpaired) electrons. The number of likely N-dealkylation sites (tertiary alicyclic amines) is 1. The number of ether oxygens (including phenoxy) is 2. The monoisotopic (exact) mass is 332 g/mol. The molecule has 0 spiro atoms. The zero-order valence-electron chi connectivity index (χ0n) is 12.2. The Morgan fingerprint density at radius 2 is 1.87 bits per heavy atom. The van der Waals surface area contributed by atoms with Gasteiger partial charge in [0.05, 0.1) is 6.10 Å². The number of hydrogen-bond donors (Lipinski definition) is 1. The fourth-order valence-corrected chi connectivity index (χ4v) is 2.43. The number of carbonyl (C=O) groups is 2. The average molecular weight is 332 g/mol. The highest BCUT2D eigenvalue weighted by atomic mass is 19.4. The van der Waals surface area contributed by atoms with Gasteiger partial charge in [-0.05, 0) is 24.3 Å². The minimum Gasteiger partial charge on any atom is -0.406 e. The summed E-state index contributed by atoms with van der Waals surface area (Å²) in [7, 11) is 1.46. The smallest absolute Gasteiger partial charge is 0.406 e. The maximum Gasteiger partial charge on any atom is 0.573 e. The number of hydrogen-bond acceptors (Lipinski definition) is 4. The van der Waals surface area contributed by atoms with Gasteiger partial charge >= 0.3 is 6.36 Å². The molecular formula is C14H15F3N2O4. The molecule has 1 fully saturated rings. The van der Waals surface area contributed by atoms with E-state index in [1.165, 1.54) is 24.1 Å². The SMILES string of the molecule is CO[C@H]1C[C@@H](C(N)=O)N(C(=O)c2ccc(OC(F)(F)F)cc2)C1. The van der Waals surface area contributed by atoms with Crippen molar-refractivity contribution in [2.24, 2.45) is 5.73 Å². The van der Waals surface area contributed by atoms with Crippen molar-refractivity contribution in [3.8, 4) is 5.75 Å². The van der Waals surface area contributed by atoms with Gasteiger partial charge in [0.2, 0.25) is 5.91 Å². The van der Waals surface area contributed by atoms with Gasteiger partial charge in [0.15, 0.2) is 0 Å². The standard InChI is InChI=1S/C14H15F3N2O4/c1-22-10-6-11(12(18)20)19(7-10)13(21)8-2-4-9(5-3-8)23-14(15,16)17/h2-5,10-11H,6-7H2,1H3,(H2,18,20)/t10-,11-/m0/s1. The van der Waals surface area contributed by atoms with Crippen molar-refractivity contribution in [2.75, 3.05) is 13.7 Å². The highest BCUT2D eigenvalue weighted by molar-refractivity contribution is 5.97. The van der Waals surface area contributed by atoms with Crippen LogP contribution in [0.15, 0.2) is 24.3 Å². The number of primary amides is 1. The molecule has 0 aromatic heterocycles. The molecule has 1 aliphatic rings. The molecular weight excluding hydrogens is 317 g/mol. The van der Waals surface area contributed by atoms with E-state index >= 15 is 0 Å². The minimum absolute atomic E-state index is 0.127. The van der Waals surface area contributed by atoms with Gasteiger partial charge in [0.1, 0.15) is 11.8 Å². The van der Waals surface area contributed by atoms with E-state index in [0.29, 0.717) is 0 Å². The highest BCUT2D eigenvalue weighted by Gasteiger charge is 2.39. The van der Waals surface area contributed by atoms with Crippen LogP contribution < -0.4 is 10.5 Å². The van der Waals surface area contributed by atoms with Crippen LogP contribution in [-0.2, 0) is 9.53 Å². The van der Waals surface area contributed by atoms with Crippen molar-refractivity contribution in [1.29, 1.82) is 0 Å². The third-order valence-corrected chi connectivity index (χ3v) is 3.52. The second-order valence-electron chi connectivity index (χ2n) is 5.04. The predicted molar refractivity (Wildman–Crippen MR) is 72.6 cm³/mol. The van der Waals surface area contributed by atoms with E-state index in [4.69, 9.17) is 10.5 Å². The highest BCUT2D eigenvalue weighted by Crippen LogP contribution is 2.25. The quantitative estimate of drug-likeness (QED) is 0.901. The molecule has 0 bridgehead atoms. The molecule has 1 aromatic carbocycles. The van der Waals surface area contributed by atoms with E-state index in [1.807, 2.05) is 0 Å². The Morgan fingerprint density at radius 1 is 1.26 bits per heavy atom. The second-order valence-corrected chi connectivity index (χ2v) is 5.04. The Morgan fingerprint density at radius 3 is 2.35 bits per heavy atom. The van der Waals surface area contributed by atoms with E-state index in [9.17, 15) is 22.8 Å². The minimum atomic E-state index is -4.80. The summed E-state index contributed by atoms with van der Waals surface area (Å²) in [6.45, 7) is 0.184. The molecule has 9 heteroatoms. The fraction of sp³-hybridized carbons (Fsp3) is 0.429. The van der Waals surface area contributed by atoms with Crippen molar-refractivity contribution < 1.29 is 32.2 Å². The number of nitrogens with two attached hydrogens (primary N) is 1. The first-order chi connectivity index (χ1) is 10.7. The van der Waals surface area contributed by atoms with Crippen LogP contribution in [0.3, 0.4) is 0 Å². The molecule has 1 aromatic rings. The Hall–Kier alpha value is -2.29. The summed E-state index contributed by atoms with van der Waals surface area (Å²) < 4.78 is 45.2. The number of halogens is 3. The summed E-state index contributed by atoms with van der Waals surface area (Å²) in [5.74, 6) is -1.60. The van der Waals surface area contributed by atoms with Crippen LogP contribution in [0, 0.1) is 0 Å². The maximum atomic E-state index is 12.4. The normalized spacial score (nSPS) is 21.3. The van der Waals surface area contributed by atoms with Gasteiger partial charge in [-0.2, -0.15) is 0 Å². The third kappa shape index (κ3) is 4.13. The first-order valence-corrected chi connectivity index (χ1v) is 6.70. The van der Waals surface area contributed by atoms with Crippen LogP contribution in [0.1, 0.15) is 16.8 Å². The van der Waals surface area contributed by atoms with Crippen LogP contribution in [0.4, 0.5) is 13.2 Å². The first kappa shape index (κ1) is 17.1. The number of benzene rings is 1. The zero-order valence-corrected chi connectivity index (χ0v) is 12.2. The molecule has 0 unspecified atom stereocenters. The lowest BCUT2D eigenvalue weighted by atomic mass is 10.1. The second kappa shape index (κ2) is 6.45. The summed E-state index contributed by atoms with van der Waals surface area (Å²) in [6, 6.07) is 3.65. The predicted octanol–water partition coefficient (Wildman–Crippen LogP) is 1.30. The van der Waals surface area contributed by atoms with E-state index < -0.39 is 30.0 Å². The molecule has 2 N–H and O–H groups in total. The topological polar surface area (TPSA) is 81.9 Å². The molecule has 2 rings (SSSR count). The van der Waals surface area contributed by atoms with Crippen LogP contribution in [0.25, 0.3) is 0 Å². The Kier molecular flexibility index (Phi) is 4.79. The number of nitrogens with zero attached hydrogens (tertiary/aromatic N) is 1. The number of rotatable bonds is 4. The first-order valence-electron chi connectivity index (χ1n) is 6.70. The maximum absolute atomic E-state index is 12.4. The Labute approximate surface area is 129 Å². The lowest BCUT2D eigenvalue weighted by Crippen LogP contribution is -2.43. The van der Waals surface area contributed by atoms with E-state index in [0.717, 1.165) is 12.1 Å². The van der Waals surface area contributed by atoms with Gasteiger partial charge in [-0.3, -0.25) is 9.59 Å². The third-order valence-electron chi connectivity index (χ3n) is 3.52. The van der Waals surface area contributed by atoms with Crippen molar-refractivity contribution >= 4 is 11.8 Å². The molecule has 1 aliphatic heterocycles. The van der Waals surface area contributed by atoms with E-state index in [-0.39, 0.29) is 24.6 Å². The molecule has 1 saturated heterocycles. The van der Waals surface area contributed by atoms with Crippen LogP contribution in [0.5, 0.6) is 5.75 Å². The lowest BCUT2D eigenvalue weighted by Gasteiger charge is -2.22. The molecule has 6 nitrogen and oxygen atoms in total. The Balaban J connectivity index is 2.14. The molecule has 0 aliphatic carbocycles. The summed E-state index contributed by atoms with van der Waals surface area (Å²) in [5, 5.41) is 0. The van der Waals surface area contributed by atoms with Gasteiger partial charge < -0.3 is 20.1 Å². The fourth-order valence-electron chi connectivity index (χ4n) is 2.43. The van der Waals surface area contributed by atoms with Crippen molar-refractivity contribution in [3.05, 3.63) is 29.8 Å². The number of carbonyl (C=O) groups excluding carboxylic acids is 2. The summed E-state index contributed by atoms with van der Waals surface area (Å²) >= 11 is 0. The molecule has 2 atom stereocenters. The van der Waals surface area contributed by atoms with Gasteiger partial charge in [-0.1, -0.05) is 0 Å². The number of alkyl halides is 3. The number of methoxy groups -OCH3 is 1. The largest absolute Gasteiger partial charge is 0.573 e. The van der Waals surface area contributed by atoms with Crippen molar-refractivity contribution in [3.63, 3.8) is 0 Å². The van der Waals surface area contributed by atoms with Crippen LogP contribution in [0.2, 0.25) is 0 Å². The zero-order chi connectivity index (χ0) is 17.2. The van der Waals surface area contributed by atoms with Crippen molar-refractivity contribution in [1.82, 2.24) is 4.90 Å². The average Bonchev–Trinajstić information content (AvgIpc) is 2.90. The van der Waals surface area contributed by atoms with Gasteiger partial charge in [-0.15, -0.1) is 13.2 Å². The van der Waals surface area contributed by atoms with Gasteiger partial charge in [0.25, 0.3) is 5.91 Å². The van der Waals surface area contributed by atoms with Crippen LogP contribution >= 0.6 is 0 Å². The van der Waals surface area contributed by atoms with Gasteiger partial charge in [-0.25, -0.2) is 0 Å². The summed E-state index contributed by atoms with van der Waals surface area (Å²) in [6.07, 6.45) is -4.83. The molecule has 1 heterocycles. The van der Waals surface area contributed by atoms with E-state index in [2.05, 4.69) is 4.74 Å². The molecule has 2 amide bonds. The number of amides is 2. The van der Waals surface area contributed by atoms with Gasteiger partial charge in [0, 0.05) is 25.6 Å². The van der Waals surface area contributed by atoms with E-state index in [1.54, 1.807) is 0 Å².